The summed E-state index contributed by atoms with van der Waals surface area (Å²) in [5, 5.41) is 2.83. The lowest BCUT2D eigenvalue weighted by Gasteiger charge is -2.31. The number of carbonyl (C=O) groups excluding carboxylic acids is 1. The van der Waals surface area contributed by atoms with Gasteiger partial charge in [0.2, 0.25) is 0 Å². The summed E-state index contributed by atoms with van der Waals surface area (Å²) in [5.74, 6) is -0.430. The van der Waals surface area contributed by atoms with E-state index in [0.717, 1.165) is 18.7 Å². The average Bonchev–Trinajstić information content (AvgIpc) is 2.46. The molecule has 1 saturated heterocycles. The third-order valence-electron chi connectivity index (χ3n) is 3.36. The van der Waals surface area contributed by atoms with Gasteiger partial charge >= 0.3 is 0 Å². The van der Waals surface area contributed by atoms with Crippen LogP contribution in [-0.4, -0.2) is 43.2 Å². The highest BCUT2D eigenvalue weighted by Gasteiger charge is 2.25. The van der Waals surface area contributed by atoms with Crippen molar-refractivity contribution in [2.45, 2.75) is 19.6 Å². The molecule has 1 aromatic rings. The van der Waals surface area contributed by atoms with E-state index in [-0.39, 0.29) is 11.7 Å². The number of halogens is 2. The van der Waals surface area contributed by atoms with E-state index in [1.807, 2.05) is 0 Å². The zero-order valence-electron chi connectivity index (χ0n) is 11.4. The number of carbonyl (C=O) groups is 1. The predicted molar refractivity (Wildman–Crippen MR) is 77.8 cm³/mol. The molecule has 0 saturated carbocycles. The van der Waals surface area contributed by atoms with Crippen LogP contribution in [0.1, 0.15) is 12.5 Å². The van der Waals surface area contributed by atoms with Crippen molar-refractivity contribution in [2.24, 2.45) is 0 Å². The molecule has 0 aromatic heterocycles. The van der Waals surface area contributed by atoms with Gasteiger partial charge in [0.05, 0.1) is 6.61 Å². The van der Waals surface area contributed by atoms with Crippen LogP contribution in [0.2, 0.25) is 0 Å². The van der Waals surface area contributed by atoms with Crippen LogP contribution in [0.3, 0.4) is 0 Å². The van der Waals surface area contributed by atoms with Gasteiger partial charge in [-0.25, -0.2) is 4.39 Å². The summed E-state index contributed by atoms with van der Waals surface area (Å²) >= 11 is 3.28. The van der Waals surface area contributed by atoms with Gasteiger partial charge < -0.3 is 10.1 Å². The molecule has 1 aliphatic rings. The molecule has 4 nitrogen and oxygen atoms in total. The monoisotopic (exact) mass is 344 g/mol. The van der Waals surface area contributed by atoms with Crippen LogP contribution < -0.4 is 5.32 Å². The van der Waals surface area contributed by atoms with Crippen molar-refractivity contribution in [1.29, 1.82) is 0 Å². The minimum atomic E-state index is -0.428. The highest BCUT2D eigenvalue weighted by Crippen LogP contribution is 2.17. The van der Waals surface area contributed by atoms with Gasteiger partial charge in [-0.2, -0.15) is 0 Å². The summed E-state index contributed by atoms with van der Waals surface area (Å²) in [4.78, 5) is 14.2. The van der Waals surface area contributed by atoms with Gasteiger partial charge in [-0.3, -0.25) is 9.69 Å². The molecule has 1 N–H and O–H groups in total. The summed E-state index contributed by atoms with van der Waals surface area (Å²) in [5.41, 5.74) is 0.836. The standard InChI is InChI=1S/C14H18BrFN2O2/c1-2-18-5-6-20-13(9-18)14(19)17-8-10-3-4-11(16)7-12(10)15/h3-4,7,13H,2,5-6,8-9H2,1H3,(H,17,19)/t13-/m0/s1. The van der Waals surface area contributed by atoms with Gasteiger partial charge in [0, 0.05) is 24.1 Å². The lowest BCUT2D eigenvalue weighted by Crippen LogP contribution is -2.49. The van der Waals surface area contributed by atoms with Crippen molar-refractivity contribution in [1.82, 2.24) is 10.2 Å². The first kappa shape index (κ1) is 15.4. The smallest absolute Gasteiger partial charge is 0.250 e. The van der Waals surface area contributed by atoms with Gasteiger partial charge in [-0.15, -0.1) is 0 Å². The highest BCUT2D eigenvalue weighted by atomic mass is 79.9. The first-order chi connectivity index (χ1) is 9.60. The highest BCUT2D eigenvalue weighted by molar-refractivity contribution is 9.10. The van der Waals surface area contributed by atoms with Gasteiger partial charge in [-0.1, -0.05) is 28.9 Å². The molecular formula is C14H18BrFN2O2. The Bertz CT molecular complexity index is 484. The molecule has 0 radical (unpaired) electrons. The van der Waals surface area contributed by atoms with E-state index < -0.39 is 6.10 Å². The number of amides is 1. The largest absolute Gasteiger partial charge is 0.366 e. The number of likely N-dealkylation sites (N-methyl/N-ethyl adjacent to an activating group) is 1. The first-order valence-electron chi connectivity index (χ1n) is 6.65. The summed E-state index contributed by atoms with van der Waals surface area (Å²) in [6.45, 7) is 5.39. The van der Waals surface area contributed by atoms with E-state index in [0.29, 0.717) is 24.2 Å². The van der Waals surface area contributed by atoms with E-state index >= 15 is 0 Å². The zero-order valence-corrected chi connectivity index (χ0v) is 13.0. The molecule has 0 bridgehead atoms. The van der Waals surface area contributed by atoms with Crippen LogP contribution in [0.4, 0.5) is 4.39 Å². The molecule has 1 atom stereocenters. The molecule has 1 aromatic carbocycles. The van der Waals surface area contributed by atoms with Crippen molar-refractivity contribution in [3.05, 3.63) is 34.1 Å². The Labute approximate surface area is 126 Å². The number of nitrogens with zero attached hydrogens (tertiary/aromatic N) is 1. The van der Waals surface area contributed by atoms with Crippen molar-refractivity contribution < 1.29 is 13.9 Å². The number of ether oxygens (including phenoxy) is 1. The van der Waals surface area contributed by atoms with E-state index in [4.69, 9.17) is 4.74 Å². The first-order valence-corrected chi connectivity index (χ1v) is 7.45. The van der Waals surface area contributed by atoms with Gasteiger partial charge in [0.25, 0.3) is 5.91 Å². The molecular weight excluding hydrogens is 327 g/mol. The molecule has 0 unspecified atom stereocenters. The molecule has 1 aliphatic heterocycles. The second-order valence-electron chi connectivity index (χ2n) is 4.71. The third kappa shape index (κ3) is 4.01. The lowest BCUT2D eigenvalue weighted by atomic mass is 10.2. The zero-order chi connectivity index (χ0) is 14.5. The Balaban J connectivity index is 1.88. The fourth-order valence-corrected chi connectivity index (χ4v) is 2.60. The van der Waals surface area contributed by atoms with Gasteiger partial charge in [-0.05, 0) is 24.2 Å². The van der Waals surface area contributed by atoms with Crippen molar-refractivity contribution in [3.8, 4) is 0 Å². The molecule has 1 fully saturated rings. The number of nitrogens with one attached hydrogen (secondary N) is 1. The molecule has 110 valence electrons. The topological polar surface area (TPSA) is 41.6 Å². The second-order valence-corrected chi connectivity index (χ2v) is 5.56. The molecule has 6 heteroatoms. The third-order valence-corrected chi connectivity index (χ3v) is 4.10. The number of benzene rings is 1. The second kappa shape index (κ2) is 7.15. The summed E-state index contributed by atoms with van der Waals surface area (Å²) in [7, 11) is 0. The normalized spacial score (nSPS) is 19.9. The van der Waals surface area contributed by atoms with Crippen LogP contribution >= 0.6 is 15.9 Å². The Kier molecular flexibility index (Phi) is 5.51. The van der Waals surface area contributed by atoms with Crippen molar-refractivity contribution in [2.75, 3.05) is 26.2 Å². The summed E-state index contributed by atoms with van der Waals surface area (Å²) < 4.78 is 19.1. The molecule has 1 amide bonds. The Morgan fingerprint density at radius 1 is 1.60 bits per heavy atom. The maximum atomic E-state index is 13.0. The maximum absolute atomic E-state index is 13.0. The lowest BCUT2D eigenvalue weighted by molar-refractivity contribution is -0.138. The summed E-state index contributed by atoms with van der Waals surface area (Å²) in [6, 6.07) is 4.42. The quantitative estimate of drug-likeness (QED) is 0.907. The van der Waals surface area contributed by atoms with E-state index in [1.54, 1.807) is 6.07 Å². The SMILES string of the molecule is CCN1CCO[C@H](C(=O)NCc2ccc(F)cc2Br)C1. The van der Waals surface area contributed by atoms with E-state index in [1.165, 1.54) is 12.1 Å². The maximum Gasteiger partial charge on any atom is 0.250 e. The molecule has 1 heterocycles. The molecule has 0 aliphatic carbocycles. The fourth-order valence-electron chi connectivity index (χ4n) is 2.11. The van der Waals surface area contributed by atoms with Crippen molar-refractivity contribution in [3.63, 3.8) is 0 Å². The summed E-state index contributed by atoms with van der Waals surface area (Å²) in [6.07, 6.45) is -0.428. The van der Waals surface area contributed by atoms with Crippen LogP contribution in [0, 0.1) is 5.82 Å². The molecule has 2 rings (SSSR count). The Hall–Kier alpha value is -0.980. The molecule has 0 spiro atoms. The fraction of sp³-hybridized carbons (Fsp3) is 0.500. The van der Waals surface area contributed by atoms with E-state index in [9.17, 15) is 9.18 Å². The Morgan fingerprint density at radius 2 is 2.40 bits per heavy atom. The number of morpholine rings is 1. The average molecular weight is 345 g/mol. The van der Waals surface area contributed by atoms with Gasteiger partial charge in [0.1, 0.15) is 11.9 Å². The minimum absolute atomic E-state index is 0.126. The van der Waals surface area contributed by atoms with Crippen LogP contribution in [0.5, 0.6) is 0 Å². The molecule has 20 heavy (non-hydrogen) atoms. The number of rotatable bonds is 4. The Morgan fingerprint density at radius 3 is 3.10 bits per heavy atom. The van der Waals surface area contributed by atoms with E-state index in [2.05, 4.69) is 33.1 Å². The number of hydrogen-bond donors (Lipinski definition) is 1. The van der Waals surface area contributed by atoms with Crippen LogP contribution in [0.25, 0.3) is 0 Å². The number of hydrogen-bond acceptors (Lipinski definition) is 3. The van der Waals surface area contributed by atoms with Crippen molar-refractivity contribution >= 4 is 21.8 Å². The minimum Gasteiger partial charge on any atom is -0.366 e. The van der Waals surface area contributed by atoms with Crippen LogP contribution in [-0.2, 0) is 16.1 Å². The van der Waals surface area contributed by atoms with Gasteiger partial charge in [0.15, 0.2) is 0 Å². The van der Waals surface area contributed by atoms with Crippen LogP contribution in [0.15, 0.2) is 22.7 Å². The predicted octanol–water partition coefficient (Wildman–Crippen LogP) is 1.93.